The Labute approximate surface area is 192 Å². The van der Waals surface area contributed by atoms with Gasteiger partial charge >= 0.3 is 10.2 Å². The van der Waals surface area contributed by atoms with Crippen molar-refractivity contribution in [3.05, 3.63) is 54.1 Å². The smallest absolute Gasteiger partial charge is 0.332 e. The number of nitrogens with one attached hydrogen (secondary N) is 1. The molecule has 0 radical (unpaired) electrons. The summed E-state index contributed by atoms with van der Waals surface area (Å²) in [5.74, 6) is 0.245. The summed E-state index contributed by atoms with van der Waals surface area (Å²) in [6, 6.07) is 12.8. The normalized spacial score (nSPS) is 15.5. The van der Waals surface area contributed by atoms with E-state index < -0.39 is 20.8 Å². The molecule has 0 spiro atoms. The van der Waals surface area contributed by atoms with Crippen molar-refractivity contribution < 1.29 is 17.1 Å². The maximum atomic E-state index is 12.9. The van der Waals surface area contributed by atoms with E-state index >= 15 is 0 Å². The largest absolute Gasteiger partial charge is 0.369 e. The molecule has 0 bridgehead atoms. The molecule has 0 fully saturated rings. The summed E-state index contributed by atoms with van der Waals surface area (Å²) in [6.45, 7) is 3.80. The van der Waals surface area contributed by atoms with Crippen LogP contribution >= 0.6 is 0 Å². The third-order valence-electron chi connectivity index (χ3n) is 5.13. The number of hydrogen-bond acceptors (Lipinski definition) is 8. The van der Waals surface area contributed by atoms with E-state index in [9.17, 15) is 17.1 Å². The number of carbonyl (C=O) groups excluding carboxylic acids is 1. The van der Waals surface area contributed by atoms with Crippen LogP contribution in [-0.4, -0.2) is 31.9 Å². The second-order valence-corrected chi connectivity index (χ2v) is 9.50. The Kier molecular flexibility index (Phi) is 7.01. The zero-order valence-corrected chi connectivity index (χ0v) is 19.3. The van der Waals surface area contributed by atoms with Crippen molar-refractivity contribution in [1.29, 1.82) is 0 Å². The molecule has 33 heavy (non-hydrogen) atoms. The van der Waals surface area contributed by atoms with Gasteiger partial charge in [0, 0.05) is 17.8 Å². The van der Waals surface area contributed by atoms with Gasteiger partial charge < -0.3 is 16.8 Å². The number of benzene rings is 2. The number of nitrogens with two attached hydrogens (primary N) is 2. The molecule has 1 heterocycles. The highest BCUT2D eigenvalue weighted by Gasteiger charge is 2.32. The van der Waals surface area contributed by atoms with Crippen LogP contribution in [0.2, 0.25) is 0 Å². The van der Waals surface area contributed by atoms with Crippen molar-refractivity contribution in [1.82, 2.24) is 0 Å². The zero-order valence-electron chi connectivity index (χ0n) is 18.5. The van der Waals surface area contributed by atoms with E-state index in [0.717, 1.165) is 36.2 Å². The first-order chi connectivity index (χ1) is 15.5. The molecule has 2 aromatic rings. The highest BCUT2D eigenvalue weighted by Crippen LogP contribution is 2.27. The van der Waals surface area contributed by atoms with Crippen molar-refractivity contribution in [2.75, 3.05) is 10.2 Å². The number of hydrogen-bond donors (Lipinski definition) is 3. The van der Waals surface area contributed by atoms with Crippen LogP contribution < -0.4 is 21.7 Å². The van der Waals surface area contributed by atoms with Gasteiger partial charge in [0.15, 0.2) is 0 Å². The quantitative estimate of drug-likeness (QED) is 0.396. The average Bonchev–Trinajstić information content (AvgIpc) is 2.70. The SMILES string of the molecule is CC1(C)N=C(N)N=C(N)N1c1ccc(CCCCC(=O)Nc2ccc(S(=O)(=O)F)cc2)cc1. The molecule has 1 aliphatic rings. The van der Waals surface area contributed by atoms with Crippen LogP contribution in [0.3, 0.4) is 0 Å². The number of guanidine groups is 2. The van der Waals surface area contributed by atoms with E-state index in [0.29, 0.717) is 18.5 Å². The zero-order chi connectivity index (χ0) is 24.2. The van der Waals surface area contributed by atoms with Gasteiger partial charge in [-0.25, -0.2) is 4.99 Å². The van der Waals surface area contributed by atoms with E-state index in [1.807, 2.05) is 43.0 Å². The summed E-state index contributed by atoms with van der Waals surface area (Å²) in [7, 11) is -4.75. The van der Waals surface area contributed by atoms with Crippen LogP contribution in [0.15, 0.2) is 63.4 Å². The van der Waals surface area contributed by atoms with Crippen LogP contribution in [0.4, 0.5) is 15.3 Å². The Morgan fingerprint density at radius 3 is 2.27 bits per heavy atom. The Balaban J connectivity index is 1.47. The van der Waals surface area contributed by atoms with Crippen molar-refractivity contribution in [3.8, 4) is 0 Å². The fraction of sp³-hybridized carbons (Fsp3) is 0.318. The van der Waals surface area contributed by atoms with Gasteiger partial charge in [-0.3, -0.25) is 9.69 Å². The molecule has 11 heteroatoms. The molecule has 0 atom stereocenters. The van der Waals surface area contributed by atoms with Crippen LogP contribution in [-0.2, 0) is 21.4 Å². The highest BCUT2D eigenvalue weighted by atomic mass is 32.3. The van der Waals surface area contributed by atoms with Gasteiger partial charge in [0.2, 0.25) is 17.8 Å². The first-order valence-corrected chi connectivity index (χ1v) is 11.8. The molecule has 1 aliphatic heterocycles. The third-order valence-corrected chi connectivity index (χ3v) is 5.96. The third kappa shape index (κ3) is 6.28. The lowest BCUT2D eigenvalue weighted by Gasteiger charge is -2.38. The van der Waals surface area contributed by atoms with Crippen LogP contribution in [0.5, 0.6) is 0 Å². The number of unbranched alkanes of at least 4 members (excludes halogenated alkanes) is 1. The summed E-state index contributed by atoms with van der Waals surface area (Å²) < 4.78 is 34.6. The summed E-state index contributed by atoms with van der Waals surface area (Å²) >= 11 is 0. The number of carbonyl (C=O) groups is 1. The summed E-state index contributed by atoms with van der Waals surface area (Å²) in [5, 5.41) is 2.67. The van der Waals surface area contributed by atoms with Gasteiger partial charge in [0.05, 0.1) is 4.90 Å². The van der Waals surface area contributed by atoms with Crippen molar-refractivity contribution in [2.24, 2.45) is 21.5 Å². The number of aryl methyl sites for hydroxylation is 1. The molecule has 9 nitrogen and oxygen atoms in total. The Morgan fingerprint density at radius 1 is 1.06 bits per heavy atom. The summed E-state index contributed by atoms with van der Waals surface area (Å²) in [6.07, 6.45) is 2.60. The Morgan fingerprint density at radius 2 is 1.70 bits per heavy atom. The second kappa shape index (κ2) is 9.57. The minimum atomic E-state index is -4.75. The highest BCUT2D eigenvalue weighted by molar-refractivity contribution is 7.86. The first kappa shape index (κ1) is 24.2. The standard InChI is InChI=1S/C22H27FN6O3S/c1-22(2)28-20(24)27-21(25)29(22)17-11-7-15(8-12-17)5-3-4-6-19(30)26-16-9-13-18(14-10-16)33(23,31)32/h7-14H,3-6H2,1-2H3,(H,26,30)(H4,24,25,27,28). The van der Waals surface area contributed by atoms with Gasteiger partial charge in [0.25, 0.3) is 0 Å². The molecular formula is C22H27FN6O3S. The maximum Gasteiger partial charge on any atom is 0.332 e. The summed E-state index contributed by atoms with van der Waals surface area (Å²) in [4.78, 5) is 21.8. The van der Waals surface area contributed by atoms with Crippen molar-refractivity contribution in [3.63, 3.8) is 0 Å². The Bertz CT molecular complexity index is 1180. The average molecular weight is 475 g/mol. The van der Waals surface area contributed by atoms with E-state index in [1.54, 1.807) is 0 Å². The lowest BCUT2D eigenvalue weighted by atomic mass is 10.1. The van der Waals surface area contributed by atoms with E-state index in [4.69, 9.17) is 11.5 Å². The minimum absolute atomic E-state index is 0.152. The van der Waals surface area contributed by atoms with Crippen molar-refractivity contribution in [2.45, 2.75) is 50.1 Å². The number of rotatable bonds is 8. The molecule has 1 amide bonds. The number of anilines is 2. The van der Waals surface area contributed by atoms with Crippen LogP contribution in [0.25, 0.3) is 0 Å². The molecule has 0 aromatic heterocycles. The lowest BCUT2D eigenvalue weighted by molar-refractivity contribution is -0.116. The summed E-state index contributed by atoms with van der Waals surface area (Å²) in [5.41, 5.74) is 13.5. The molecule has 0 saturated carbocycles. The lowest BCUT2D eigenvalue weighted by Crippen LogP contribution is -2.54. The molecule has 176 valence electrons. The fourth-order valence-corrected chi connectivity index (χ4v) is 4.06. The molecule has 0 aliphatic carbocycles. The van der Waals surface area contributed by atoms with E-state index in [-0.39, 0.29) is 17.8 Å². The Hall–Kier alpha value is -3.47. The van der Waals surface area contributed by atoms with E-state index in [2.05, 4.69) is 15.3 Å². The molecule has 5 N–H and O–H groups in total. The van der Waals surface area contributed by atoms with Gasteiger partial charge in [-0.05, 0) is 75.1 Å². The minimum Gasteiger partial charge on any atom is -0.369 e. The van der Waals surface area contributed by atoms with Gasteiger partial charge in [-0.2, -0.15) is 13.4 Å². The predicted octanol–water partition coefficient (Wildman–Crippen LogP) is 2.88. The maximum absolute atomic E-state index is 12.9. The first-order valence-electron chi connectivity index (χ1n) is 10.4. The molecular weight excluding hydrogens is 447 g/mol. The molecule has 0 unspecified atom stereocenters. The molecule has 2 aromatic carbocycles. The van der Waals surface area contributed by atoms with Crippen molar-refractivity contribution >= 4 is 39.4 Å². The fourth-order valence-electron chi connectivity index (χ4n) is 3.60. The molecule has 3 rings (SSSR count). The number of amides is 1. The topological polar surface area (TPSA) is 143 Å². The number of halogens is 1. The molecule has 0 saturated heterocycles. The van der Waals surface area contributed by atoms with Gasteiger partial charge in [-0.15, -0.1) is 3.89 Å². The van der Waals surface area contributed by atoms with Crippen LogP contribution in [0, 0.1) is 0 Å². The van der Waals surface area contributed by atoms with E-state index in [1.165, 1.54) is 12.1 Å². The van der Waals surface area contributed by atoms with Crippen LogP contribution in [0.1, 0.15) is 38.7 Å². The second-order valence-electron chi connectivity index (χ2n) is 8.15. The monoisotopic (exact) mass is 474 g/mol. The van der Waals surface area contributed by atoms with Gasteiger partial charge in [-0.1, -0.05) is 12.1 Å². The number of aliphatic imine (C=N–C) groups is 2. The predicted molar refractivity (Wildman–Crippen MR) is 127 cm³/mol. The number of nitrogens with zero attached hydrogens (tertiary/aromatic N) is 3. The van der Waals surface area contributed by atoms with Gasteiger partial charge in [0.1, 0.15) is 5.66 Å².